The Labute approximate surface area is 129 Å². The molecule has 0 spiro atoms. The minimum atomic E-state index is -0.443. The van der Waals surface area contributed by atoms with E-state index in [1.165, 1.54) is 12.1 Å². The van der Waals surface area contributed by atoms with E-state index in [1.807, 2.05) is 0 Å². The van der Waals surface area contributed by atoms with Gasteiger partial charge in [0.05, 0.1) is 21.7 Å². The van der Waals surface area contributed by atoms with E-state index in [4.69, 9.17) is 4.74 Å². The van der Waals surface area contributed by atoms with Gasteiger partial charge in [-0.05, 0) is 28.1 Å². The highest BCUT2D eigenvalue weighted by Crippen LogP contribution is 2.28. The van der Waals surface area contributed by atoms with Crippen LogP contribution in [-0.4, -0.2) is 29.0 Å². The first-order chi connectivity index (χ1) is 10.1. The van der Waals surface area contributed by atoms with Crippen molar-refractivity contribution in [1.82, 2.24) is 9.97 Å². The summed E-state index contributed by atoms with van der Waals surface area (Å²) in [5.41, 5.74) is 1.42. The Balaban J connectivity index is 2.47. The van der Waals surface area contributed by atoms with Crippen LogP contribution >= 0.6 is 15.9 Å². The van der Waals surface area contributed by atoms with Crippen molar-refractivity contribution in [2.75, 3.05) is 19.5 Å². The zero-order valence-corrected chi connectivity index (χ0v) is 13.0. The molecule has 1 aromatic heterocycles. The lowest BCUT2D eigenvalue weighted by molar-refractivity contribution is -0.384. The van der Waals surface area contributed by atoms with E-state index in [1.54, 1.807) is 26.3 Å². The average Bonchev–Trinajstić information content (AvgIpc) is 2.49. The van der Waals surface area contributed by atoms with Gasteiger partial charge in [0.1, 0.15) is 5.82 Å². The van der Waals surface area contributed by atoms with Gasteiger partial charge in [-0.15, -0.1) is 0 Å². The molecule has 0 atom stereocenters. The highest BCUT2D eigenvalue weighted by Gasteiger charge is 2.13. The highest BCUT2D eigenvalue weighted by molar-refractivity contribution is 9.10. The molecule has 8 heteroatoms. The lowest BCUT2D eigenvalue weighted by Gasteiger charge is -2.10. The SMILES string of the molecule is CNc1nc(-c2ccc([N+](=O)[O-])cc2)nc(COC)c1Br. The zero-order chi connectivity index (χ0) is 15.4. The Morgan fingerprint density at radius 3 is 2.52 bits per heavy atom. The normalized spacial score (nSPS) is 10.4. The van der Waals surface area contributed by atoms with E-state index in [9.17, 15) is 10.1 Å². The number of hydrogen-bond donors (Lipinski definition) is 1. The van der Waals surface area contributed by atoms with Gasteiger partial charge in [0, 0.05) is 31.9 Å². The van der Waals surface area contributed by atoms with Crippen molar-refractivity contribution in [3.05, 3.63) is 44.5 Å². The number of rotatable bonds is 5. The van der Waals surface area contributed by atoms with Gasteiger partial charge >= 0.3 is 0 Å². The van der Waals surface area contributed by atoms with Gasteiger partial charge in [-0.1, -0.05) is 0 Å². The lowest BCUT2D eigenvalue weighted by atomic mass is 10.2. The second-order valence-corrected chi connectivity index (χ2v) is 4.94. The average molecular weight is 353 g/mol. The molecule has 0 aliphatic rings. The van der Waals surface area contributed by atoms with Gasteiger partial charge in [0.15, 0.2) is 5.82 Å². The highest BCUT2D eigenvalue weighted by atomic mass is 79.9. The number of nitrogens with one attached hydrogen (secondary N) is 1. The molecule has 0 unspecified atom stereocenters. The minimum absolute atomic E-state index is 0.0295. The second-order valence-electron chi connectivity index (χ2n) is 4.14. The number of benzene rings is 1. The molecule has 0 fully saturated rings. The van der Waals surface area contributed by atoms with Gasteiger partial charge in [0.2, 0.25) is 0 Å². The number of hydrogen-bond acceptors (Lipinski definition) is 6. The second kappa shape index (κ2) is 6.59. The number of nitro groups is 1. The van der Waals surface area contributed by atoms with E-state index >= 15 is 0 Å². The molecule has 1 heterocycles. The van der Waals surface area contributed by atoms with Gasteiger partial charge < -0.3 is 10.1 Å². The third-order valence-corrected chi connectivity index (χ3v) is 3.61. The van der Waals surface area contributed by atoms with E-state index < -0.39 is 4.92 Å². The van der Waals surface area contributed by atoms with Crippen molar-refractivity contribution in [1.29, 1.82) is 0 Å². The molecule has 0 saturated carbocycles. The molecule has 2 rings (SSSR count). The molecule has 1 aromatic carbocycles. The van der Waals surface area contributed by atoms with Crippen LogP contribution in [0.25, 0.3) is 11.4 Å². The maximum Gasteiger partial charge on any atom is 0.269 e. The number of anilines is 1. The number of nitro benzene ring substituents is 1. The standard InChI is InChI=1S/C13H13BrN4O3/c1-15-13-11(14)10(7-21-2)16-12(17-13)8-3-5-9(6-4-8)18(19)20/h3-6H,7H2,1-2H3,(H,15,16,17). The molecule has 0 radical (unpaired) electrons. The Morgan fingerprint density at radius 1 is 1.33 bits per heavy atom. The van der Waals surface area contributed by atoms with Crippen LogP contribution in [0.4, 0.5) is 11.5 Å². The number of non-ortho nitro benzene ring substituents is 1. The molecular formula is C13H13BrN4O3. The third-order valence-electron chi connectivity index (χ3n) is 2.77. The summed E-state index contributed by atoms with van der Waals surface area (Å²) in [5, 5.41) is 13.6. The molecule has 110 valence electrons. The number of halogens is 1. The van der Waals surface area contributed by atoms with Gasteiger partial charge in [-0.25, -0.2) is 9.97 Å². The van der Waals surface area contributed by atoms with Crippen LogP contribution in [0.15, 0.2) is 28.7 Å². The molecule has 0 bridgehead atoms. The summed E-state index contributed by atoms with van der Waals surface area (Å²) in [5.74, 6) is 1.11. The maximum atomic E-state index is 10.7. The van der Waals surface area contributed by atoms with Crippen LogP contribution < -0.4 is 5.32 Å². The molecule has 0 saturated heterocycles. The Morgan fingerprint density at radius 2 is 2.00 bits per heavy atom. The van der Waals surface area contributed by atoms with Crippen molar-refractivity contribution in [2.24, 2.45) is 0 Å². The first-order valence-corrected chi connectivity index (χ1v) is 6.84. The summed E-state index contributed by atoms with van der Waals surface area (Å²) >= 11 is 3.42. The fourth-order valence-corrected chi connectivity index (χ4v) is 2.24. The molecule has 0 aliphatic carbocycles. The summed E-state index contributed by atoms with van der Waals surface area (Å²) in [6.45, 7) is 0.331. The van der Waals surface area contributed by atoms with Crippen LogP contribution in [0.3, 0.4) is 0 Å². The quantitative estimate of drug-likeness (QED) is 0.656. The van der Waals surface area contributed by atoms with Gasteiger partial charge in [-0.2, -0.15) is 0 Å². The van der Waals surface area contributed by atoms with Crippen molar-refractivity contribution < 1.29 is 9.66 Å². The number of methoxy groups -OCH3 is 1. The molecule has 2 aromatic rings. The van der Waals surface area contributed by atoms with Gasteiger partial charge in [0.25, 0.3) is 5.69 Å². The Kier molecular flexibility index (Phi) is 4.81. The summed E-state index contributed by atoms with van der Waals surface area (Å²) in [7, 11) is 3.34. The van der Waals surface area contributed by atoms with E-state index in [2.05, 4.69) is 31.2 Å². The molecule has 1 N–H and O–H groups in total. The fourth-order valence-electron chi connectivity index (χ4n) is 1.75. The van der Waals surface area contributed by atoms with E-state index in [-0.39, 0.29) is 5.69 Å². The summed E-state index contributed by atoms with van der Waals surface area (Å²) in [6.07, 6.45) is 0. The number of ether oxygens (including phenoxy) is 1. The fraction of sp³-hybridized carbons (Fsp3) is 0.231. The van der Waals surface area contributed by atoms with Crippen LogP contribution in [0.2, 0.25) is 0 Å². The first kappa shape index (κ1) is 15.3. The molecule has 0 amide bonds. The minimum Gasteiger partial charge on any atom is -0.378 e. The monoisotopic (exact) mass is 352 g/mol. The smallest absolute Gasteiger partial charge is 0.269 e. The molecule has 0 aliphatic heterocycles. The first-order valence-electron chi connectivity index (χ1n) is 6.04. The summed E-state index contributed by atoms with van der Waals surface area (Å²) in [6, 6.07) is 6.10. The number of nitrogens with zero attached hydrogens (tertiary/aromatic N) is 3. The van der Waals surface area contributed by atoms with Gasteiger partial charge in [-0.3, -0.25) is 10.1 Å². The summed E-state index contributed by atoms with van der Waals surface area (Å²) < 4.78 is 5.85. The van der Waals surface area contributed by atoms with E-state index in [0.29, 0.717) is 29.5 Å². The number of aromatic nitrogens is 2. The predicted molar refractivity (Wildman–Crippen MR) is 82.1 cm³/mol. The van der Waals surface area contributed by atoms with Crippen LogP contribution in [0, 0.1) is 10.1 Å². The Bertz CT molecular complexity index is 661. The van der Waals surface area contributed by atoms with Crippen LogP contribution in [0.1, 0.15) is 5.69 Å². The van der Waals surface area contributed by atoms with E-state index in [0.717, 1.165) is 4.47 Å². The molecule has 21 heavy (non-hydrogen) atoms. The zero-order valence-electron chi connectivity index (χ0n) is 11.5. The summed E-state index contributed by atoms with van der Waals surface area (Å²) in [4.78, 5) is 19.0. The maximum absolute atomic E-state index is 10.7. The van der Waals surface area contributed by atoms with Crippen molar-refractivity contribution in [3.8, 4) is 11.4 Å². The van der Waals surface area contributed by atoms with Crippen LogP contribution in [-0.2, 0) is 11.3 Å². The third kappa shape index (κ3) is 3.34. The van der Waals surface area contributed by atoms with Crippen molar-refractivity contribution in [2.45, 2.75) is 6.61 Å². The lowest BCUT2D eigenvalue weighted by Crippen LogP contribution is -2.04. The molecule has 7 nitrogen and oxygen atoms in total. The van der Waals surface area contributed by atoms with Crippen molar-refractivity contribution in [3.63, 3.8) is 0 Å². The molecular weight excluding hydrogens is 340 g/mol. The largest absolute Gasteiger partial charge is 0.378 e. The topological polar surface area (TPSA) is 90.2 Å². The van der Waals surface area contributed by atoms with Crippen molar-refractivity contribution >= 4 is 27.4 Å². The predicted octanol–water partition coefficient (Wildman–Crippen LogP) is 3.00. The Hall–Kier alpha value is -2.06. The van der Waals surface area contributed by atoms with Crippen LogP contribution in [0.5, 0.6) is 0 Å².